The van der Waals surface area contributed by atoms with Gasteiger partial charge in [0, 0.05) is 64.5 Å². The predicted octanol–water partition coefficient (Wildman–Crippen LogP) is 1.88. The van der Waals surface area contributed by atoms with Gasteiger partial charge in [-0.15, -0.1) is 0 Å². The van der Waals surface area contributed by atoms with Crippen LogP contribution < -0.4 is 9.80 Å². The number of rotatable bonds is 4. The Hall–Kier alpha value is -2.98. The minimum Gasteiger partial charge on any atom is -0.353 e. The number of hydrogen-bond acceptors (Lipinski definition) is 6. The van der Waals surface area contributed by atoms with Gasteiger partial charge in [-0.05, 0) is 48.7 Å². The fraction of sp³-hybridized carbons (Fsp3) is 0.480. The van der Waals surface area contributed by atoms with Crippen LogP contribution in [0.1, 0.15) is 31.7 Å². The molecule has 0 unspecified atom stereocenters. The highest BCUT2D eigenvalue weighted by Crippen LogP contribution is 2.36. The number of nitrogens with zero attached hydrogens (tertiary/aromatic N) is 5. The van der Waals surface area contributed by atoms with Gasteiger partial charge >= 0.3 is 0 Å². The summed E-state index contributed by atoms with van der Waals surface area (Å²) in [5.74, 6) is 0.569. The van der Waals surface area contributed by atoms with Crippen LogP contribution in [-0.4, -0.2) is 79.7 Å². The van der Waals surface area contributed by atoms with E-state index in [1.54, 1.807) is 33.6 Å². The molecular formula is C25H31N5O4S. The highest BCUT2D eigenvalue weighted by molar-refractivity contribution is 7.89. The van der Waals surface area contributed by atoms with Gasteiger partial charge in [-0.2, -0.15) is 4.31 Å². The lowest BCUT2D eigenvalue weighted by molar-refractivity contribution is -0.134. The number of hydrogen-bond donors (Lipinski definition) is 0. The molecule has 9 nitrogen and oxygen atoms in total. The summed E-state index contributed by atoms with van der Waals surface area (Å²) in [6.07, 6.45) is 4.85. The van der Waals surface area contributed by atoms with Gasteiger partial charge in [0.2, 0.25) is 21.8 Å². The second kappa shape index (κ2) is 9.58. The van der Waals surface area contributed by atoms with Gasteiger partial charge in [0.05, 0.1) is 4.90 Å². The molecule has 2 aromatic rings. The van der Waals surface area contributed by atoms with Gasteiger partial charge in [0.15, 0.2) is 0 Å². The Labute approximate surface area is 206 Å². The Morgan fingerprint density at radius 2 is 1.69 bits per heavy atom. The van der Waals surface area contributed by atoms with Crippen LogP contribution in [-0.2, 0) is 26.0 Å². The molecular weight excluding hydrogens is 466 g/mol. The van der Waals surface area contributed by atoms with E-state index in [1.165, 1.54) is 11.8 Å². The van der Waals surface area contributed by atoms with Crippen molar-refractivity contribution in [2.45, 2.75) is 43.5 Å². The molecule has 0 N–H and O–H groups in total. The smallest absolute Gasteiger partial charge is 0.246 e. The van der Waals surface area contributed by atoms with Gasteiger partial charge in [-0.1, -0.05) is 12.5 Å². The van der Waals surface area contributed by atoms with Crippen molar-refractivity contribution in [2.75, 3.05) is 49.1 Å². The van der Waals surface area contributed by atoms with E-state index in [0.717, 1.165) is 30.6 Å². The van der Waals surface area contributed by atoms with Crippen molar-refractivity contribution in [3.63, 3.8) is 0 Å². The molecule has 5 rings (SSSR count). The summed E-state index contributed by atoms with van der Waals surface area (Å²) in [6.45, 7) is 4.94. The average Bonchev–Trinajstić information content (AvgIpc) is 3.28. The number of piperazine rings is 1. The monoisotopic (exact) mass is 497 g/mol. The van der Waals surface area contributed by atoms with Crippen molar-refractivity contribution in [1.29, 1.82) is 0 Å². The Morgan fingerprint density at radius 1 is 0.943 bits per heavy atom. The molecule has 1 aromatic heterocycles. The lowest BCUT2D eigenvalue weighted by Gasteiger charge is -2.37. The largest absolute Gasteiger partial charge is 0.353 e. The fourth-order valence-electron chi connectivity index (χ4n) is 5.34. The van der Waals surface area contributed by atoms with Crippen LogP contribution in [0.2, 0.25) is 0 Å². The van der Waals surface area contributed by atoms with Crippen LogP contribution in [0.3, 0.4) is 0 Å². The van der Waals surface area contributed by atoms with E-state index in [9.17, 15) is 18.0 Å². The van der Waals surface area contributed by atoms with E-state index in [-0.39, 0.29) is 16.7 Å². The minimum absolute atomic E-state index is 0.0995. The van der Waals surface area contributed by atoms with Crippen molar-refractivity contribution in [3.8, 4) is 0 Å². The number of carbonyl (C=O) groups excluding carboxylic acids is 2. The predicted molar refractivity (Wildman–Crippen MR) is 133 cm³/mol. The van der Waals surface area contributed by atoms with Crippen molar-refractivity contribution in [2.24, 2.45) is 0 Å². The van der Waals surface area contributed by atoms with Crippen LogP contribution in [0.5, 0.6) is 0 Å². The normalized spacial score (nSPS) is 21.2. The number of fused-ring (bicyclic) bond motifs is 1. The number of amides is 2. The Balaban J connectivity index is 1.33. The standard InChI is InChI=1S/C25H31N5O4S/c1-19(31)30-22-9-8-21(35(33,34)29-11-5-2-6-12-29)17-20(22)18-23(30)25(32)28-15-13-27(14-16-28)24-7-3-4-10-26-24/h3-4,7-10,17,23H,2,5-6,11-16,18H2,1H3/t23-/m1/s1. The van der Waals surface area contributed by atoms with Crippen LogP contribution in [0, 0.1) is 0 Å². The zero-order valence-corrected chi connectivity index (χ0v) is 20.8. The van der Waals surface area contributed by atoms with E-state index < -0.39 is 16.1 Å². The summed E-state index contributed by atoms with van der Waals surface area (Å²) in [5, 5.41) is 0. The molecule has 186 valence electrons. The molecule has 4 heterocycles. The molecule has 0 aliphatic carbocycles. The number of piperidine rings is 1. The van der Waals surface area contributed by atoms with E-state index in [1.807, 2.05) is 18.2 Å². The van der Waals surface area contributed by atoms with Crippen LogP contribution in [0.4, 0.5) is 11.5 Å². The molecule has 0 radical (unpaired) electrons. The molecule has 2 amide bonds. The second-order valence-electron chi connectivity index (χ2n) is 9.36. The lowest BCUT2D eigenvalue weighted by Crippen LogP contribution is -2.55. The average molecular weight is 498 g/mol. The first-order chi connectivity index (χ1) is 16.9. The molecule has 3 aliphatic heterocycles. The fourth-order valence-corrected chi connectivity index (χ4v) is 6.91. The quantitative estimate of drug-likeness (QED) is 0.640. The first-order valence-electron chi connectivity index (χ1n) is 12.2. The summed E-state index contributed by atoms with van der Waals surface area (Å²) in [7, 11) is -3.59. The molecule has 1 aromatic carbocycles. The van der Waals surface area contributed by atoms with E-state index >= 15 is 0 Å². The molecule has 0 saturated carbocycles. The van der Waals surface area contributed by atoms with Crippen LogP contribution >= 0.6 is 0 Å². The Kier molecular flexibility index (Phi) is 6.50. The number of pyridine rings is 1. The van der Waals surface area contributed by atoms with E-state index in [2.05, 4.69) is 9.88 Å². The SMILES string of the molecule is CC(=O)N1c2ccc(S(=O)(=O)N3CCCCC3)cc2C[C@@H]1C(=O)N1CCN(c2ccccn2)CC1. The number of benzene rings is 1. The van der Waals surface area contributed by atoms with Gasteiger partial charge in [0.1, 0.15) is 11.9 Å². The zero-order chi connectivity index (χ0) is 24.6. The van der Waals surface area contributed by atoms with Crippen molar-refractivity contribution in [3.05, 3.63) is 48.2 Å². The number of carbonyl (C=O) groups is 2. The van der Waals surface area contributed by atoms with Crippen LogP contribution in [0.15, 0.2) is 47.5 Å². The van der Waals surface area contributed by atoms with Crippen molar-refractivity contribution in [1.82, 2.24) is 14.2 Å². The molecule has 1 atom stereocenters. The minimum atomic E-state index is -3.59. The molecule has 0 bridgehead atoms. The third kappa shape index (κ3) is 4.52. The summed E-state index contributed by atoms with van der Waals surface area (Å²) < 4.78 is 27.9. The maximum Gasteiger partial charge on any atom is 0.246 e. The van der Waals surface area contributed by atoms with E-state index in [0.29, 0.717) is 51.4 Å². The summed E-state index contributed by atoms with van der Waals surface area (Å²) in [5.41, 5.74) is 1.35. The summed E-state index contributed by atoms with van der Waals surface area (Å²) >= 11 is 0. The third-order valence-electron chi connectivity index (χ3n) is 7.18. The van der Waals surface area contributed by atoms with Gasteiger partial charge < -0.3 is 9.80 Å². The highest BCUT2D eigenvalue weighted by atomic mass is 32.2. The van der Waals surface area contributed by atoms with Crippen molar-refractivity contribution >= 4 is 33.3 Å². The number of sulfonamides is 1. The van der Waals surface area contributed by atoms with Crippen molar-refractivity contribution < 1.29 is 18.0 Å². The van der Waals surface area contributed by atoms with Crippen LogP contribution in [0.25, 0.3) is 0 Å². The molecule has 2 fully saturated rings. The molecule has 10 heteroatoms. The van der Waals surface area contributed by atoms with E-state index in [4.69, 9.17) is 0 Å². The first-order valence-corrected chi connectivity index (χ1v) is 13.7. The lowest BCUT2D eigenvalue weighted by atomic mass is 10.1. The molecule has 3 aliphatic rings. The summed E-state index contributed by atoms with van der Waals surface area (Å²) in [4.78, 5) is 36.2. The molecule has 35 heavy (non-hydrogen) atoms. The number of anilines is 2. The summed E-state index contributed by atoms with van der Waals surface area (Å²) in [6, 6.07) is 10.0. The van der Waals surface area contributed by atoms with Gasteiger partial charge in [-0.25, -0.2) is 13.4 Å². The maximum atomic E-state index is 13.5. The van der Waals surface area contributed by atoms with Gasteiger partial charge in [0.25, 0.3) is 0 Å². The Morgan fingerprint density at radius 3 is 2.34 bits per heavy atom. The number of aromatic nitrogens is 1. The maximum absolute atomic E-state index is 13.5. The Bertz CT molecular complexity index is 1210. The second-order valence-corrected chi connectivity index (χ2v) is 11.3. The topological polar surface area (TPSA) is 94.1 Å². The first kappa shape index (κ1) is 23.7. The molecule has 0 spiro atoms. The third-order valence-corrected chi connectivity index (χ3v) is 9.07. The van der Waals surface area contributed by atoms with Gasteiger partial charge in [-0.3, -0.25) is 14.5 Å². The highest BCUT2D eigenvalue weighted by Gasteiger charge is 2.40. The zero-order valence-electron chi connectivity index (χ0n) is 20.0. The molecule has 2 saturated heterocycles.